The Hall–Kier alpha value is -2.83. The summed E-state index contributed by atoms with van der Waals surface area (Å²) in [7, 11) is 0. The fourth-order valence-corrected chi connectivity index (χ4v) is 3.67. The van der Waals surface area contributed by atoms with E-state index in [9.17, 15) is 4.79 Å². The highest BCUT2D eigenvalue weighted by Gasteiger charge is 2.15. The van der Waals surface area contributed by atoms with E-state index in [0.29, 0.717) is 27.7 Å². The Balaban J connectivity index is 1.49. The number of nitrogens with zero attached hydrogens (tertiary/aromatic N) is 1. The number of ether oxygens (including phenoxy) is 1. The van der Waals surface area contributed by atoms with Crippen molar-refractivity contribution in [2.75, 3.05) is 5.32 Å². The zero-order valence-corrected chi connectivity index (χ0v) is 17.8. The van der Waals surface area contributed by atoms with E-state index in [1.807, 2.05) is 37.3 Å². The Morgan fingerprint density at radius 3 is 2.86 bits per heavy atom. The number of pyridine rings is 1. The summed E-state index contributed by atoms with van der Waals surface area (Å²) in [6.07, 6.45) is 1.68. The van der Waals surface area contributed by atoms with Crippen molar-refractivity contribution in [1.29, 1.82) is 0 Å². The summed E-state index contributed by atoms with van der Waals surface area (Å²) in [6, 6.07) is 16.3. The number of aryl methyl sites for hydroxylation is 1. The zero-order chi connectivity index (χ0) is 20.4. The van der Waals surface area contributed by atoms with Crippen LogP contribution in [0.3, 0.4) is 0 Å². The van der Waals surface area contributed by atoms with Crippen molar-refractivity contribution in [1.82, 2.24) is 4.98 Å². The fourth-order valence-electron chi connectivity index (χ4n) is 2.94. The largest absolute Gasteiger partial charge is 0.484 e. The highest BCUT2D eigenvalue weighted by atomic mass is 79.9. The van der Waals surface area contributed by atoms with Crippen molar-refractivity contribution in [2.24, 2.45) is 0 Å². The first-order chi connectivity index (χ1) is 14.0. The Kier molecular flexibility index (Phi) is 5.56. The number of halogens is 2. The monoisotopic (exact) mass is 470 g/mol. The predicted molar refractivity (Wildman–Crippen MR) is 117 cm³/mol. The molecule has 29 heavy (non-hydrogen) atoms. The minimum absolute atomic E-state index is 0.167. The molecule has 0 fully saturated rings. The molecule has 2 aromatic heterocycles. The van der Waals surface area contributed by atoms with Crippen LogP contribution in [0.25, 0.3) is 10.9 Å². The van der Waals surface area contributed by atoms with Crippen molar-refractivity contribution < 1.29 is 13.9 Å². The van der Waals surface area contributed by atoms with Crippen LogP contribution in [0.2, 0.25) is 5.02 Å². The van der Waals surface area contributed by atoms with Gasteiger partial charge in [-0.1, -0.05) is 45.7 Å². The van der Waals surface area contributed by atoms with Gasteiger partial charge in [0.1, 0.15) is 18.1 Å². The van der Waals surface area contributed by atoms with Gasteiger partial charge in [-0.05, 0) is 48.9 Å². The summed E-state index contributed by atoms with van der Waals surface area (Å²) in [5.74, 6) is 0.947. The van der Waals surface area contributed by atoms with Gasteiger partial charge in [0.2, 0.25) is 0 Å². The molecule has 4 aromatic rings. The number of anilines is 1. The molecule has 1 amide bonds. The predicted octanol–water partition coefficient (Wildman–Crippen LogP) is 6.38. The lowest BCUT2D eigenvalue weighted by molar-refractivity contribution is 0.0992. The molecule has 2 aromatic carbocycles. The van der Waals surface area contributed by atoms with Crippen LogP contribution in [0.4, 0.5) is 5.69 Å². The Labute approximate surface area is 180 Å². The number of carbonyl (C=O) groups excluding carboxylic acids is 1. The average molecular weight is 472 g/mol. The van der Waals surface area contributed by atoms with Crippen LogP contribution in [-0.4, -0.2) is 10.9 Å². The van der Waals surface area contributed by atoms with Gasteiger partial charge in [-0.15, -0.1) is 0 Å². The quantitative estimate of drug-likeness (QED) is 0.367. The molecule has 146 valence electrons. The van der Waals surface area contributed by atoms with E-state index in [4.69, 9.17) is 20.8 Å². The first-order valence-electron chi connectivity index (χ1n) is 8.84. The fraction of sp³-hybridized carbons (Fsp3) is 0.0909. The number of aromatic nitrogens is 1. The van der Waals surface area contributed by atoms with Crippen molar-refractivity contribution in [2.45, 2.75) is 13.5 Å². The normalized spacial score (nSPS) is 10.9. The lowest BCUT2D eigenvalue weighted by Crippen LogP contribution is -2.11. The average Bonchev–Trinajstić information content (AvgIpc) is 3.19. The van der Waals surface area contributed by atoms with Gasteiger partial charge >= 0.3 is 0 Å². The summed E-state index contributed by atoms with van der Waals surface area (Å²) >= 11 is 9.67. The maximum absolute atomic E-state index is 12.6. The van der Waals surface area contributed by atoms with Gasteiger partial charge in [0.15, 0.2) is 5.76 Å². The number of furan rings is 1. The maximum Gasteiger partial charge on any atom is 0.291 e. The minimum Gasteiger partial charge on any atom is -0.484 e. The van der Waals surface area contributed by atoms with Crippen molar-refractivity contribution >= 4 is 50.0 Å². The molecule has 4 rings (SSSR count). The molecule has 7 heteroatoms. The van der Waals surface area contributed by atoms with Gasteiger partial charge in [-0.3, -0.25) is 9.78 Å². The molecule has 0 bridgehead atoms. The smallest absolute Gasteiger partial charge is 0.291 e. The third-order valence-corrected chi connectivity index (χ3v) is 5.36. The number of carbonyl (C=O) groups is 1. The molecular weight excluding hydrogens is 456 g/mol. The number of benzene rings is 2. The van der Waals surface area contributed by atoms with Gasteiger partial charge in [0, 0.05) is 16.1 Å². The van der Waals surface area contributed by atoms with E-state index in [-0.39, 0.29) is 18.3 Å². The maximum atomic E-state index is 12.6. The second-order valence-corrected chi connectivity index (χ2v) is 7.65. The molecule has 0 atom stereocenters. The van der Waals surface area contributed by atoms with E-state index in [1.165, 1.54) is 0 Å². The SMILES string of the molecule is Cc1cccc(Cl)c1OCc1ccc(C(=O)Nc2ccc(Br)c3cccnc23)o1. The van der Waals surface area contributed by atoms with Gasteiger partial charge in [0.25, 0.3) is 5.91 Å². The summed E-state index contributed by atoms with van der Waals surface area (Å²) in [5, 5.41) is 4.30. The number of fused-ring (bicyclic) bond motifs is 1. The van der Waals surface area contributed by atoms with Crippen LogP contribution in [-0.2, 0) is 6.61 Å². The van der Waals surface area contributed by atoms with E-state index in [2.05, 4.69) is 26.2 Å². The van der Waals surface area contributed by atoms with Crippen LogP contribution in [0.5, 0.6) is 5.75 Å². The first-order valence-corrected chi connectivity index (χ1v) is 10.0. The van der Waals surface area contributed by atoms with Crippen LogP contribution in [0.15, 0.2) is 69.7 Å². The standard InChI is InChI=1S/C22H16BrClN2O3/c1-13-4-2-6-17(24)21(13)28-12-14-7-10-19(29-14)22(27)26-18-9-8-16(23)15-5-3-11-25-20(15)18/h2-11H,12H2,1H3,(H,26,27). The highest BCUT2D eigenvalue weighted by Crippen LogP contribution is 2.30. The molecule has 0 spiro atoms. The van der Waals surface area contributed by atoms with Crippen molar-refractivity contribution in [3.8, 4) is 5.75 Å². The van der Waals surface area contributed by atoms with Crippen molar-refractivity contribution in [3.63, 3.8) is 0 Å². The molecule has 0 unspecified atom stereocenters. The van der Waals surface area contributed by atoms with Crippen LogP contribution in [0.1, 0.15) is 21.9 Å². The number of nitrogens with one attached hydrogen (secondary N) is 1. The van der Waals surface area contributed by atoms with Gasteiger partial charge < -0.3 is 14.5 Å². The summed E-state index contributed by atoms with van der Waals surface area (Å²) < 4.78 is 12.3. The molecule has 2 heterocycles. The molecule has 0 saturated heterocycles. The van der Waals surface area contributed by atoms with E-state index in [0.717, 1.165) is 15.4 Å². The summed E-state index contributed by atoms with van der Waals surface area (Å²) in [6.45, 7) is 2.08. The Morgan fingerprint density at radius 2 is 2.03 bits per heavy atom. The first kappa shape index (κ1) is 19.5. The molecule has 0 aliphatic rings. The van der Waals surface area contributed by atoms with Gasteiger partial charge in [-0.2, -0.15) is 0 Å². The molecule has 0 radical (unpaired) electrons. The van der Waals surface area contributed by atoms with Gasteiger partial charge in [-0.25, -0.2) is 0 Å². The second kappa shape index (κ2) is 8.27. The molecule has 0 aliphatic heterocycles. The second-order valence-electron chi connectivity index (χ2n) is 6.39. The van der Waals surface area contributed by atoms with Crippen molar-refractivity contribution in [3.05, 3.63) is 87.4 Å². The van der Waals surface area contributed by atoms with E-state index >= 15 is 0 Å². The van der Waals surface area contributed by atoms with E-state index in [1.54, 1.807) is 30.5 Å². The lowest BCUT2D eigenvalue weighted by Gasteiger charge is -2.09. The van der Waals surface area contributed by atoms with Crippen LogP contribution >= 0.6 is 27.5 Å². The van der Waals surface area contributed by atoms with Gasteiger partial charge in [0.05, 0.1) is 16.2 Å². The van der Waals surface area contributed by atoms with Crippen LogP contribution in [0, 0.1) is 6.92 Å². The third-order valence-electron chi connectivity index (χ3n) is 4.37. The summed E-state index contributed by atoms with van der Waals surface area (Å²) in [4.78, 5) is 17.0. The highest BCUT2D eigenvalue weighted by molar-refractivity contribution is 9.10. The number of hydrogen-bond acceptors (Lipinski definition) is 4. The molecule has 0 saturated carbocycles. The molecular formula is C22H16BrClN2O3. The number of para-hydroxylation sites is 1. The number of rotatable bonds is 5. The number of hydrogen-bond donors (Lipinski definition) is 1. The minimum atomic E-state index is -0.362. The lowest BCUT2D eigenvalue weighted by atomic mass is 10.2. The topological polar surface area (TPSA) is 64.4 Å². The molecule has 5 nitrogen and oxygen atoms in total. The van der Waals surface area contributed by atoms with Crippen LogP contribution < -0.4 is 10.1 Å². The Morgan fingerprint density at radius 1 is 1.17 bits per heavy atom. The zero-order valence-electron chi connectivity index (χ0n) is 15.4. The summed E-state index contributed by atoms with van der Waals surface area (Å²) in [5.41, 5.74) is 2.23. The third kappa shape index (κ3) is 4.13. The Bertz CT molecular complexity index is 1190. The number of amides is 1. The van der Waals surface area contributed by atoms with E-state index < -0.39 is 0 Å². The molecule has 1 N–H and O–H groups in total. The molecule has 0 aliphatic carbocycles.